The molecule has 0 saturated heterocycles. The smallest absolute Gasteiger partial charge is 0.317 e. The van der Waals surface area contributed by atoms with Gasteiger partial charge in [-0.2, -0.15) is 0 Å². The second-order valence-electron chi connectivity index (χ2n) is 6.49. The molecule has 1 unspecified atom stereocenters. The number of amides is 1. The quantitative estimate of drug-likeness (QED) is 0.485. The molecule has 1 aliphatic heterocycles. The van der Waals surface area contributed by atoms with Gasteiger partial charge in [-0.3, -0.25) is 9.59 Å². The number of hydrogen-bond acceptors (Lipinski definition) is 6. The summed E-state index contributed by atoms with van der Waals surface area (Å²) in [6.45, 7) is 1.70. The third kappa shape index (κ3) is 4.63. The van der Waals surface area contributed by atoms with E-state index in [1.54, 1.807) is 25.1 Å². The van der Waals surface area contributed by atoms with Gasteiger partial charge in [0.25, 0.3) is 5.91 Å². The molecule has 1 N–H and O–H groups in total. The summed E-state index contributed by atoms with van der Waals surface area (Å²) in [7, 11) is 0. The Kier molecular flexibility index (Phi) is 5.57. The van der Waals surface area contributed by atoms with E-state index in [0.29, 0.717) is 17.2 Å². The van der Waals surface area contributed by atoms with Gasteiger partial charge in [0.2, 0.25) is 6.79 Å². The maximum absolute atomic E-state index is 12.3. The van der Waals surface area contributed by atoms with E-state index in [2.05, 4.69) is 5.32 Å². The first-order chi connectivity index (χ1) is 14.1. The Labute approximate surface area is 172 Å². The van der Waals surface area contributed by atoms with Crippen LogP contribution < -0.4 is 14.8 Å². The highest BCUT2D eigenvalue weighted by molar-refractivity contribution is 8.00. The van der Waals surface area contributed by atoms with Gasteiger partial charge in [0, 0.05) is 16.6 Å². The molecule has 0 aliphatic carbocycles. The van der Waals surface area contributed by atoms with Crippen molar-refractivity contribution < 1.29 is 23.8 Å². The van der Waals surface area contributed by atoms with Crippen LogP contribution in [-0.4, -0.2) is 30.5 Å². The molecule has 0 fully saturated rings. The van der Waals surface area contributed by atoms with E-state index in [1.165, 1.54) is 11.8 Å². The lowest BCUT2D eigenvalue weighted by molar-refractivity contribution is -0.150. The van der Waals surface area contributed by atoms with Crippen LogP contribution in [0, 0.1) is 0 Å². The van der Waals surface area contributed by atoms with E-state index >= 15 is 0 Å². The van der Waals surface area contributed by atoms with Gasteiger partial charge in [-0.1, -0.05) is 30.3 Å². The SMILES string of the molecule is CC(OC(=O)CSc1ccc2ccccc2c1)C(=O)Nc1ccc2c(c1)OCO2. The number of fused-ring (bicyclic) bond motifs is 2. The number of benzene rings is 3. The summed E-state index contributed by atoms with van der Waals surface area (Å²) in [6, 6.07) is 19.1. The van der Waals surface area contributed by atoms with E-state index in [4.69, 9.17) is 14.2 Å². The molecule has 1 amide bonds. The largest absolute Gasteiger partial charge is 0.454 e. The Balaban J connectivity index is 1.28. The maximum atomic E-state index is 12.3. The van der Waals surface area contributed by atoms with Crippen molar-refractivity contribution in [3.8, 4) is 11.5 Å². The number of carbonyl (C=O) groups excluding carboxylic acids is 2. The van der Waals surface area contributed by atoms with Crippen molar-refractivity contribution in [3.05, 3.63) is 60.7 Å². The van der Waals surface area contributed by atoms with Gasteiger partial charge in [-0.25, -0.2) is 0 Å². The van der Waals surface area contributed by atoms with Crippen molar-refractivity contribution in [1.82, 2.24) is 0 Å². The Hall–Kier alpha value is -3.19. The summed E-state index contributed by atoms with van der Waals surface area (Å²) >= 11 is 1.38. The van der Waals surface area contributed by atoms with Crippen LogP contribution in [0.2, 0.25) is 0 Å². The summed E-state index contributed by atoms with van der Waals surface area (Å²) in [5.74, 6) is 0.469. The molecule has 1 aliphatic rings. The standard InChI is InChI=1S/C22H19NO5S/c1-14(22(25)23-17-7-9-19-20(11-17)27-13-26-19)28-21(24)12-29-18-8-6-15-4-2-3-5-16(15)10-18/h2-11,14H,12-13H2,1H3,(H,23,25). The average molecular weight is 409 g/mol. The van der Waals surface area contributed by atoms with Gasteiger partial charge in [-0.15, -0.1) is 11.8 Å². The molecule has 0 spiro atoms. The monoisotopic (exact) mass is 409 g/mol. The van der Waals surface area contributed by atoms with E-state index in [1.807, 2.05) is 42.5 Å². The fourth-order valence-electron chi connectivity index (χ4n) is 2.90. The van der Waals surface area contributed by atoms with Gasteiger partial charge in [-0.05, 0) is 42.0 Å². The lowest BCUT2D eigenvalue weighted by Gasteiger charge is -2.14. The zero-order valence-electron chi connectivity index (χ0n) is 15.7. The Morgan fingerprint density at radius 3 is 2.69 bits per heavy atom. The van der Waals surface area contributed by atoms with Gasteiger partial charge in [0.05, 0.1) is 5.75 Å². The minimum absolute atomic E-state index is 0.125. The van der Waals surface area contributed by atoms with Crippen molar-refractivity contribution in [1.29, 1.82) is 0 Å². The van der Waals surface area contributed by atoms with Crippen molar-refractivity contribution in [2.24, 2.45) is 0 Å². The van der Waals surface area contributed by atoms with Crippen LogP contribution in [0.5, 0.6) is 11.5 Å². The molecule has 29 heavy (non-hydrogen) atoms. The summed E-state index contributed by atoms with van der Waals surface area (Å²) in [5, 5.41) is 4.97. The van der Waals surface area contributed by atoms with Crippen molar-refractivity contribution in [2.45, 2.75) is 17.9 Å². The fraction of sp³-hybridized carbons (Fsp3) is 0.182. The van der Waals surface area contributed by atoms with Crippen LogP contribution in [0.15, 0.2) is 65.6 Å². The third-order valence-corrected chi connectivity index (χ3v) is 5.36. The van der Waals surface area contributed by atoms with Crippen molar-refractivity contribution in [3.63, 3.8) is 0 Å². The third-order valence-electron chi connectivity index (χ3n) is 4.40. The van der Waals surface area contributed by atoms with Crippen LogP contribution in [0.4, 0.5) is 5.69 Å². The summed E-state index contributed by atoms with van der Waals surface area (Å²) in [5.41, 5.74) is 0.549. The number of rotatable bonds is 6. The molecule has 0 radical (unpaired) electrons. The molecule has 4 rings (SSSR count). The zero-order chi connectivity index (χ0) is 20.2. The van der Waals surface area contributed by atoms with Crippen LogP contribution in [-0.2, 0) is 14.3 Å². The lowest BCUT2D eigenvalue weighted by atomic mass is 10.1. The van der Waals surface area contributed by atoms with E-state index in [-0.39, 0.29) is 12.5 Å². The van der Waals surface area contributed by atoms with Crippen molar-refractivity contribution >= 4 is 40.1 Å². The number of ether oxygens (including phenoxy) is 3. The number of nitrogens with one attached hydrogen (secondary N) is 1. The second-order valence-corrected chi connectivity index (χ2v) is 7.54. The first-order valence-corrected chi connectivity index (χ1v) is 10.1. The first kappa shape index (κ1) is 19.1. The highest BCUT2D eigenvalue weighted by Crippen LogP contribution is 2.34. The molecular weight excluding hydrogens is 390 g/mol. The predicted molar refractivity (Wildman–Crippen MR) is 111 cm³/mol. The molecule has 3 aromatic carbocycles. The van der Waals surface area contributed by atoms with Gasteiger partial charge in [0.1, 0.15) is 0 Å². The predicted octanol–water partition coefficient (Wildman–Crippen LogP) is 4.23. The van der Waals surface area contributed by atoms with Crippen molar-refractivity contribution in [2.75, 3.05) is 17.9 Å². The zero-order valence-corrected chi connectivity index (χ0v) is 16.5. The second kappa shape index (κ2) is 8.45. The molecule has 0 saturated carbocycles. The highest BCUT2D eigenvalue weighted by atomic mass is 32.2. The molecule has 1 heterocycles. The fourth-order valence-corrected chi connectivity index (χ4v) is 3.63. The lowest BCUT2D eigenvalue weighted by Crippen LogP contribution is -2.30. The average Bonchev–Trinajstić information content (AvgIpc) is 3.20. The summed E-state index contributed by atoms with van der Waals surface area (Å²) in [6.07, 6.45) is -0.912. The molecule has 7 heteroatoms. The normalized spacial score (nSPS) is 13.1. The highest BCUT2D eigenvalue weighted by Gasteiger charge is 2.20. The van der Waals surface area contributed by atoms with Crippen LogP contribution in [0.1, 0.15) is 6.92 Å². The molecule has 148 valence electrons. The number of anilines is 1. The Bertz CT molecular complexity index is 1070. The molecule has 3 aromatic rings. The molecule has 0 bridgehead atoms. The first-order valence-electron chi connectivity index (χ1n) is 9.10. The molecule has 1 atom stereocenters. The Morgan fingerprint density at radius 1 is 1.03 bits per heavy atom. The molecule has 6 nitrogen and oxygen atoms in total. The van der Waals surface area contributed by atoms with E-state index < -0.39 is 18.0 Å². The summed E-state index contributed by atoms with van der Waals surface area (Å²) < 4.78 is 15.8. The van der Waals surface area contributed by atoms with Gasteiger partial charge < -0.3 is 19.5 Å². The van der Waals surface area contributed by atoms with Crippen LogP contribution in [0.25, 0.3) is 10.8 Å². The number of hydrogen-bond donors (Lipinski definition) is 1. The van der Waals surface area contributed by atoms with Crippen LogP contribution >= 0.6 is 11.8 Å². The number of thioether (sulfide) groups is 1. The molecular formula is C22H19NO5S. The summed E-state index contributed by atoms with van der Waals surface area (Å²) in [4.78, 5) is 25.4. The van der Waals surface area contributed by atoms with E-state index in [9.17, 15) is 9.59 Å². The number of esters is 1. The Morgan fingerprint density at radius 2 is 1.83 bits per heavy atom. The topological polar surface area (TPSA) is 73.9 Å². The number of carbonyl (C=O) groups is 2. The minimum atomic E-state index is -0.912. The van der Waals surface area contributed by atoms with Crippen LogP contribution in [0.3, 0.4) is 0 Å². The van der Waals surface area contributed by atoms with Gasteiger partial charge >= 0.3 is 5.97 Å². The minimum Gasteiger partial charge on any atom is -0.454 e. The molecule has 0 aromatic heterocycles. The van der Waals surface area contributed by atoms with Gasteiger partial charge in [0.15, 0.2) is 17.6 Å². The maximum Gasteiger partial charge on any atom is 0.317 e. The van der Waals surface area contributed by atoms with E-state index in [0.717, 1.165) is 15.7 Å².